The van der Waals surface area contributed by atoms with Crippen LogP contribution in [0.2, 0.25) is 0 Å². The number of unbranched alkanes of at least 4 members (excludes halogenated alkanes) is 10. The average molecular weight is 471 g/mol. The van der Waals surface area contributed by atoms with Gasteiger partial charge in [0.05, 0.1) is 24.3 Å². The van der Waals surface area contributed by atoms with Crippen LogP contribution < -0.4 is 0 Å². The third-order valence-corrected chi connectivity index (χ3v) is 5.31. The number of carbonyl (C=O) groups excluding carboxylic acids is 2. The molecule has 0 spiro atoms. The molecule has 1 aromatic carbocycles. The zero-order valence-electron chi connectivity index (χ0n) is 21.0. The standard InChI is InChI=1S/C24H38O4.C4H4N2/c1-3-5-7-9-11-15-19-27-23(25)21-17-13-14-18-22(21)24(26)28-20-16-12-10-8-6-4-2;1-2-4-6-5-3-1/h13-14,17-18H,3-12,15-16,19-20H2,1-2H3;1-4H. The topological polar surface area (TPSA) is 78.4 Å². The van der Waals surface area contributed by atoms with Crippen molar-refractivity contribution in [2.45, 2.75) is 90.9 Å². The van der Waals surface area contributed by atoms with E-state index in [-0.39, 0.29) is 0 Å². The van der Waals surface area contributed by atoms with E-state index in [1.54, 1.807) is 36.7 Å². The zero-order valence-corrected chi connectivity index (χ0v) is 21.0. The first kappa shape index (κ1) is 29.3. The second-order valence-corrected chi connectivity index (χ2v) is 8.27. The van der Waals surface area contributed by atoms with E-state index in [9.17, 15) is 9.59 Å². The molecule has 2 rings (SSSR count). The fourth-order valence-corrected chi connectivity index (χ4v) is 3.34. The first-order valence-corrected chi connectivity index (χ1v) is 12.9. The highest BCUT2D eigenvalue weighted by molar-refractivity contribution is 6.03. The van der Waals surface area contributed by atoms with Gasteiger partial charge in [-0.2, -0.15) is 10.2 Å². The Labute approximate surface area is 205 Å². The van der Waals surface area contributed by atoms with Crippen LogP contribution in [-0.4, -0.2) is 35.3 Å². The maximum absolute atomic E-state index is 12.4. The summed E-state index contributed by atoms with van der Waals surface area (Å²) in [6.07, 6.45) is 16.9. The van der Waals surface area contributed by atoms with Gasteiger partial charge in [0.25, 0.3) is 0 Å². The molecule has 1 heterocycles. The normalized spacial score (nSPS) is 10.2. The highest BCUT2D eigenvalue weighted by atomic mass is 16.5. The maximum Gasteiger partial charge on any atom is 0.339 e. The lowest BCUT2D eigenvalue weighted by molar-refractivity contribution is 0.0450. The number of carbonyl (C=O) groups is 2. The van der Waals surface area contributed by atoms with E-state index < -0.39 is 11.9 Å². The van der Waals surface area contributed by atoms with Gasteiger partial charge in [0.15, 0.2) is 0 Å². The summed E-state index contributed by atoms with van der Waals surface area (Å²) in [5, 5.41) is 7.07. The third kappa shape index (κ3) is 14.4. The van der Waals surface area contributed by atoms with Gasteiger partial charge in [-0.05, 0) is 37.1 Å². The number of rotatable bonds is 16. The summed E-state index contributed by atoms with van der Waals surface area (Å²) in [6.45, 7) is 5.17. The molecule has 2 aromatic rings. The van der Waals surface area contributed by atoms with Gasteiger partial charge >= 0.3 is 11.9 Å². The van der Waals surface area contributed by atoms with Crippen molar-refractivity contribution < 1.29 is 19.1 Å². The molecule has 0 radical (unpaired) electrons. The van der Waals surface area contributed by atoms with Gasteiger partial charge in [0, 0.05) is 12.4 Å². The summed E-state index contributed by atoms with van der Waals surface area (Å²) in [5.74, 6) is -0.888. The van der Waals surface area contributed by atoms with Gasteiger partial charge < -0.3 is 9.47 Å². The predicted octanol–water partition coefficient (Wildman–Crippen LogP) is 7.20. The Morgan fingerprint density at radius 1 is 0.588 bits per heavy atom. The Bertz CT molecular complexity index is 692. The molecule has 0 fully saturated rings. The molecule has 0 bridgehead atoms. The van der Waals surface area contributed by atoms with E-state index >= 15 is 0 Å². The minimum Gasteiger partial charge on any atom is -0.462 e. The number of esters is 2. The molecule has 0 aliphatic heterocycles. The lowest BCUT2D eigenvalue weighted by Gasteiger charge is -2.10. The van der Waals surface area contributed by atoms with Crippen LogP contribution in [0, 0.1) is 0 Å². The Morgan fingerprint density at radius 3 is 1.32 bits per heavy atom. The molecule has 0 amide bonds. The average Bonchev–Trinajstić information content (AvgIpc) is 2.88. The molecule has 0 aliphatic rings. The molecule has 1 aromatic heterocycles. The molecule has 0 unspecified atom stereocenters. The zero-order chi connectivity index (χ0) is 24.7. The van der Waals surface area contributed by atoms with Crippen LogP contribution in [0.15, 0.2) is 48.8 Å². The van der Waals surface area contributed by atoms with Crippen molar-refractivity contribution in [1.82, 2.24) is 10.2 Å². The molecule has 0 N–H and O–H groups in total. The van der Waals surface area contributed by atoms with E-state index in [2.05, 4.69) is 24.0 Å². The van der Waals surface area contributed by atoms with Gasteiger partial charge in [0.1, 0.15) is 0 Å². The lowest BCUT2D eigenvalue weighted by Crippen LogP contribution is -2.15. The molecule has 6 heteroatoms. The van der Waals surface area contributed by atoms with E-state index in [0.29, 0.717) is 24.3 Å². The van der Waals surface area contributed by atoms with E-state index in [0.717, 1.165) is 25.7 Å². The molecule has 0 saturated heterocycles. The Hall–Kier alpha value is -2.76. The summed E-state index contributed by atoms with van der Waals surface area (Å²) >= 11 is 0. The first-order chi connectivity index (χ1) is 16.7. The predicted molar refractivity (Wildman–Crippen MR) is 136 cm³/mol. The summed E-state index contributed by atoms with van der Waals surface area (Å²) in [6, 6.07) is 10.4. The quantitative estimate of drug-likeness (QED) is 0.191. The number of aromatic nitrogens is 2. The van der Waals surface area contributed by atoms with Crippen molar-refractivity contribution in [3.63, 3.8) is 0 Å². The molecular weight excluding hydrogens is 428 g/mol. The second-order valence-electron chi connectivity index (χ2n) is 8.27. The maximum atomic E-state index is 12.4. The summed E-state index contributed by atoms with van der Waals surface area (Å²) in [7, 11) is 0. The Balaban J connectivity index is 0.000000830. The highest BCUT2D eigenvalue weighted by Gasteiger charge is 2.18. The van der Waals surface area contributed by atoms with Crippen molar-refractivity contribution >= 4 is 11.9 Å². The van der Waals surface area contributed by atoms with Crippen molar-refractivity contribution in [3.05, 3.63) is 59.9 Å². The summed E-state index contributed by atoms with van der Waals surface area (Å²) in [5.41, 5.74) is 0.586. The first-order valence-electron chi connectivity index (χ1n) is 12.9. The number of benzene rings is 1. The Morgan fingerprint density at radius 2 is 0.971 bits per heavy atom. The fourth-order valence-electron chi connectivity index (χ4n) is 3.34. The van der Waals surface area contributed by atoms with Crippen LogP contribution in [0.3, 0.4) is 0 Å². The Kier molecular flexibility index (Phi) is 17.9. The molecule has 0 aliphatic carbocycles. The number of nitrogens with zero attached hydrogens (tertiary/aromatic N) is 2. The van der Waals surface area contributed by atoms with Gasteiger partial charge in [-0.15, -0.1) is 0 Å². The lowest BCUT2D eigenvalue weighted by atomic mass is 10.1. The van der Waals surface area contributed by atoms with Gasteiger partial charge in [0.2, 0.25) is 0 Å². The van der Waals surface area contributed by atoms with Crippen molar-refractivity contribution in [2.75, 3.05) is 13.2 Å². The molecule has 34 heavy (non-hydrogen) atoms. The minimum atomic E-state index is -0.444. The van der Waals surface area contributed by atoms with Crippen molar-refractivity contribution in [3.8, 4) is 0 Å². The van der Waals surface area contributed by atoms with Crippen LogP contribution >= 0.6 is 0 Å². The van der Waals surface area contributed by atoms with Crippen molar-refractivity contribution in [1.29, 1.82) is 0 Å². The van der Waals surface area contributed by atoms with Crippen molar-refractivity contribution in [2.24, 2.45) is 0 Å². The minimum absolute atomic E-state index is 0.293. The number of hydrogen-bond acceptors (Lipinski definition) is 6. The number of hydrogen-bond donors (Lipinski definition) is 0. The van der Waals surface area contributed by atoms with Gasteiger partial charge in [-0.25, -0.2) is 9.59 Å². The van der Waals surface area contributed by atoms with Crippen LogP contribution in [0.25, 0.3) is 0 Å². The summed E-state index contributed by atoms with van der Waals surface area (Å²) < 4.78 is 10.7. The second kappa shape index (κ2) is 20.8. The van der Waals surface area contributed by atoms with Gasteiger partial charge in [-0.3, -0.25) is 0 Å². The highest BCUT2D eigenvalue weighted by Crippen LogP contribution is 2.14. The molecule has 0 saturated carbocycles. The van der Waals surface area contributed by atoms with Crippen LogP contribution in [0.5, 0.6) is 0 Å². The largest absolute Gasteiger partial charge is 0.462 e. The van der Waals surface area contributed by atoms with E-state index in [1.807, 2.05) is 12.1 Å². The molecule has 0 atom stereocenters. The summed E-state index contributed by atoms with van der Waals surface area (Å²) in [4.78, 5) is 24.7. The molecular formula is C28H42N2O4. The molecule has 6 nitrogen and oxygen atoms in total. The van der Waals surface area contributed by atoms with Crippen LogP contribution in [0.1, 0.15) is 112 Å². The van der Waals surface area contributed by atoms with Crippen LogP contribution in [-0.2, 0) is 9.47 Å². The monoisotopic (exact) mass is 470 g/mol. The van der Waals surface area contributed by atoms with Gasteiger partial charge in [-0.1, -0.05) is 90.2 Å². The third-order valence-electron chi connectivity index (χ3n) is 5.31. The molecule has 188 valence electrons. The van der Waals surface area contributed by atoms with Crippen LogP contribution in [0.4, 0.5) is 0 Å². The fraction of sp³-hybridized carbons (Fsp3) is 0.571. The number of ether oxygens (including phenoxy) is 2. The SMILES string of the molecule is CCCCCCCCOC(=O)c1ccccc1C(=O)OCCCCCCCC.c1ccnnc1. The smallest absolute Gasteiger partial charge is 0.339 e. The van der Waals surface area contributed by atoms with E-state index in [4.69, 9.17) is 9.47 Å². The van der Waals surface area contributed by atoms with E-state index in [1.165, 1.54) is 51.4 Å².